The zero-order chi connectivity index (χ0) is 22.1. The van der Waals surface area contributed by atoms with Gasteiger partial charge in [0.25, 0.3) is 5.91 Å². The lowest BCUT2D eigenvalue weighted by Gasteiger charge is -2.36. The number of rotatable bonds is 3. The van der Waals surface area contributed by atoms with Gasteiger partial charge in [-0.15, -0.1) is 0 Å². The van der Waals surface area contributed by atoms with Gasteiger partial charge in [-0.3, -0.25) is 4.79 Å². The average Bonchev–Trinajstić information content (AvgIpc) is 2.71. The second-order valence-electron chi connectivity index (χ2n) is 6.92. The highest BCUT2D eigenvalue weighted by molar-refractivity contribution is 7.90. The highest BCUT2D eigenvalue weighted by Gasteiger charge is 2.34. The third-order valence-electron chi connectivity index (χ3n) is 4.87. The van der Waals surface area contributed by atoms with Crippen molar-refractivity contribution in [2.75, 3.05) is 37.3 Å². The van der Waals surface area contributed by atoms with Crippen LogP contribution in [0.25, 0.3) is 0 Å². The fraction of sp³-hybridized carbons (Fsp3) is 0.300. The van der Waals surface area contributed by atoms with Crippen LogP contribution in [-0.2, 0) is 16.0 Å². The van der Waals surface area contributed by atoms with E-state index in [0.29, 0.717) is 18.8 Å². The lowest BCUT2D eigenvalue weighted by Crippen LogP contribution is -2.48. The molecule has 0 spiro atoms. The minimum absolute atomic E-state index is 0.0456. The van der Waals surface area contributed by atoms with Crippen LogP contribution in [0.2, 0.25) is 0 Å². The van der Waals surface area contributed by atoms with E-state index in [-0.39, 0.29) is 29.5 Å². The van der Waals surface area contributed by atoms with Crippen LogP contribution in [0.1, 0.15) is 21.5 Å². The van der Waals surface area contributed by atoms with Gasteiger partial charge in [0.15, 0.2) is 9.84 Å². The van der Waals surface area contributed by atoms with Crippen molar-refractivity contribution in [1.82, 2.24) is 4.90 Å². The van der Waals surface area contributed by atoms with Gasteiger partial charge in [0, 0.05) is 43.7 Å². The molecule has 30 heavy (non-hydrogen) atoms. The number of alkyl halides is 3. The molecule has 0 atom stereocenters. The summed E-state index contributed by atoms with van der Waals surface area (Å²) in [5.41, 5.74) is -0.860. The first-order valence-corrected chi connectivity index (χ1v) is 10.9. The van der Waals surface area contributed by atoms with Crippen LogP contribution < -0.4 is 4.90 Å². The quantitative estimate of drug-likeness (QED) is 0.738. The molecule has 0 aliphatic carbocycles. The van der Waals surface area contributed by atoms with Crippen LogP contribution >= 0.6 is 0 Å². The van der Waals surface area contributed by atoms with Crippen LogP contribution in [-0.4, -0.2) is 51.7 Å². The summed E-state index contributed by atoms with van der Waals surface area (Å²) in [5.74, 6) is -0.337. The third-order valence-corrected chi connectivity index (χ3v) is 5.98. The summed E-state index contributed by atoms with van der Waals surface area (Å²) in [6.07, 6.45) is -3.58. The number of hydrogen-bond donors (Lipinski definition) is 0. The van der Waals surface area contributed by atoms with E-state index in [4.69, 9.17) is 5.26 Å². The molecule has 0 N–H and O–H groups in total. The molecule has 1 heterocycles. The summed E-state index contributed by atoms with van der Waals surface area (Å²) in [5, 5.41) is 8.91. The molecule has 2 aromatic rings. The maximum absolute atomic E-state index is 13.2. The Morgan fingerprint density at radius 1 is 1.07 bits per heavy atom. The Labute approximate surface area is 172 Å². The maximum atomic E-state index is 13.2. The fourth-order valence-electron chi connectivity index (χ4n) is 3.27. The predicted molar refractivity (Wildman–Crippen MR) is 104 cm³/mol. The second-order valence-corrected chi connectivity index (χ2v) is 8.93. The summed E-state index contributed by atoms with van der Waals surface area (Å²) in [4.78, 5) is 16.0. The first-order valence-electron chi connectivity index (χ1n) is 8.96. The van der Waals surface area contributed by atoms with Crippen molar-refractivity contribution in [2.45, 2.75) is 11.1 Å². The Balaban J connectivity index is 1.74. The Kier molecular flexibility index (Phi) is 5.76. The van der Waals surface area contributed by atoms with E-state index in [9.17, 15) is 26.4 Å². The molecule has 10 heteroatoms. The van der Waals surface area contributed by atoms with Crippen LogP contribution in [0.15, 0.2) is 47.4 Å². The molecule has 1 aliphatic heterocycles. The maximum Gasteiger partial charge on any atom is 0.417 e. The van der Waals surface area contributed by atoms with Crippen LogP contribution in [0.3, 0.4) is 0 Å². The molecule has 1 aliphatic rings. The van der Waals surface area contributed by atoms with Crippen LogP contribution in [0.4, 0.5) is 18.9 Å². The minimum Gasteiger partial charge on any atom is -0.368 e. The largest absolute Gasteiger partial charge is 0.417 e. The number of sulfone groups is 1. The Bertz CT molecular complexity index is 1120. The Hall–Kier alpha value is -3.06. The molecule has 158 valence electrons. The van der Waals surface area contributed by atoms with Gasteiger partial charge in [0.1, 0.15) is 0 Å². The van der Waals surface area contributed by atoms with Gasteiger partial charge in [-0.2, -0.15) is 18.4 Å². The fourth-order valence-corrected chi connectivity index (χ4v) is 3.94. The van der Waals surface area contributed by atoms with E-state index in [0.717, 1.165) is 18.4 Å². The molecule has 2 aromatic carbocycles. The number of halogens is 3. The molecule has 1 amide bonds. The predicted octanol–water partition coefficient (Wildman–Crippen LogP) is 2.94. The van der Waals surface area contributed by atoms with Crippen molar-refractivity contribution >= 4 is 21.4 Å². The monoisotopic (exact) mass is 437 g/mol. The zero-order valence-corrected chi connectivity index (χ0v) is 16.8. The van der Waals surface area contributed by atoms with Crippen LogP contribution in [0.5, 0.6) is 0 Å². The average molecular weight is 437 g/mol. The van der Waals surface area contributed by atoms with E-state index in [1.807, 2.05) is 0 Å². The first-order chi connectivity index (χ1) is 14.0. The van der Waals surface area contributed by atoms with E-state index >= 15 is 0 Å². The minimum atomic E-state index is -4.64. The van der Waals surface area contributed by atoms with Crippen molar-refractivity contribution in [3.05, 3.63) is 59.2 Å². The zero-order valence-electron chi connectivity index (χ0n) is 16.0. The molecule has 1 saturated heterocycles. The van der Waals surface area contributed by atoms with E-state index in [1.54, 1.807) is 11.0 Å². The molecule has 3 rings (SSSR count). The van der Waals surface area contributed by atoms with E-state index in [2.05, 4.69) is 0 Å². The van der Waals surface area contributed by atoms with E-state index < -0.39 is 27.1 Å². The standard InChI is InChI=1S/C20H18F3N3O3S/c1-30(28,29)17-4-2-3-14(11-17)19(27)26-9-7-25(8-10-26)16-6-5-15(13-24)18(12-16)20(21,22)23/h2-6,11-12H,7-10H2,1H3. The highest BCUT2D eigenvalue weighted by atomic mass is 32.2. The topological polar surface area (TPSA) is 81.5 Å². The van der Waals surface area contributed by atoms with Crippen molar-refractivity contribution < 1.29 is 26.4 Å². The molecule has 0 unspecified atom stereocenters. The van der Waals surface area contributed by atoms with Crippen molar-refractivity contribution in [3.8, 4) is 6.07 Å². The number of benzene rings is 2. The SMILES string of the molecule is CS(=O)(=O)c1cccc(C(=O)N2CCN(c3ccc(C#N)c(C(F)(F)F)c3)CC2)c1. The summed E-state index contributed by atoms with van der Waals surface area (Å²) in [6, 6.07) is 10.9. The number of piperazine rings is 1. The third kappa shape index (κ3) is 4.57. The number of nitrogens with zero attached hydrogens (tertiary/aromatic N) is 3. The number of anilines is 1. The second kappa shape index (κ2) is 7.99. The molecular formula is C20H18F3N3O3S. The first kappa shape index (κ1) is 21.6. The van der Waals surface area contributed by atoms with Crippen LogP contribution in [0, 0.1) is 11.3 Å². The lowest BCUT2D eigenvalue weighted by atomic mass is 10.1. The van der Waals surface area contributed by atoms with Gasteiger partial charge in [-0.25, -0.2) is 8.42 Å². The van der Waals surface area contributed by atoms with Gasteiger partial charge >= 0.3 is 6.18 Å². The number of nitriles is 1. The Morgan fingerprint density at radius 3 is 2.30 bits per heavy atom. The number of carbonyl (C=O) groups is 1. The highest BCUT2D eigenvalue weighted by Crippen LogP contribution is 2.34. The smallest absolute Gasteiger partial charge is 0.368 e. The molecule has 0 saturated carbocycles. The van der Waals surface area contributed by atoms with Gasteiger partial charge in [-0.05, 0) is 36.4 Å². The molecule has 6 nitrogen and oxygen atoms in total. The molecular weight excluding hydrogens is 419 g/mol. The van der Waals surface area contributed by atoms with Gasteiger partial charge < -0.3 is 9.80 Å². The molecule has 0 radical (unpaired) electrons. The molecule has 1 fully saturated rings. The number of amides is 1. The van der Waals surface area contributed by atoms with Crippen molar-refractivity contribution in [1.29, 1.82) is 5.26 Å². The van der Waals surface area contributed by atoms with Crippen molar-refractivity contribution in [2.24, 2.45) is 0 Å². The summed E-state index contributed by atoms with van der Waals surface area (Å²) in [6.45, 7) is 1.15. The Morgan fingerprint density at radius 2 is 1.73 bits per heavy atom. The normalized spacial score (nSPS) is 15.0. The van der Waals surface area contributed by atoms with Gasteiger partial charge in [0.05, 0.1) is 22.1 Å². The number of carbonyl (C=O) groups excluding carboxylic acids is 1. The van der Waals surface area contributed by atoms with E-state index in [1.165, 1.54) is 35.2 Å². The van der Waals surface area contributed by atoms with Gasteiger partial charge in [-0.1, -0.05) is 6.07 Å². The summed E-state index contributed by atoms with van der Waals surface area (Å²) >= 11 is 0. The lowest BCUT2D eigenvalue weighted by molar-refractivity contribution is -0.137. The number of hydrogen-bond acceptors (Lipinski definition) is 5. The summed E-state index contributed by atoms with van der Waals surface area (Å²) in [7, 11) is -3.45. The van der Waals surface area contributed by atoms with Crippen molar-refractivity contribution in [3.63, 3.8) is 0 Å². The summed E-state index contributed by atoms with van der Waals surface area (Å²) < 4.78 is 63.0. The molecule has 0 bridgehead atoms. The van der Waals surface area contributed by atoms with Gasteiger partial charge in [0.2, 0.25) is 0 Å². The molecule has 0 aromatic heterocycles.